The second kappa shape index (κ2) is 7.27. The van der Waals surface area contributed by atoms with E-state index >= 15 is 0 Å². The number of benzene rings is 1. The minimum absolute atomic E-state index is 0.285. The Hall–Kier alpha value is -1.81. The predicted molar refractivity (Wildman–Crippen MR) is 85.1 cm³/mol. The molecule has 21 heavy (non-hydrogen) atoms. The summed E-state index contributed by atoms with van der Waals surface area (Å²) >= 11 is 0. The molecule has 0 bridgehead atoms. The van der Waals surface area contributed by atoms with Crippen LogP contribution in [-0.4, -0.2) is 25.9 Å². The summed E-state index contributed by atoms with van der Waals surface area (Å²) in [6.07, 6.45) is -0.738. The molecule has 1 unspecified atom stereocenters. The Morgan fingerprint density at radius 2 is 2.10 bits per heavy atom. The first-order valence-corrected chi connectivity index (χ1v) is 7.00. The molecule has 4 nitrogen and oxygen atoms in total. The monoisotopic (exact) mass is 291 g/mol. The highest BCUT2D eigenvalue weighted by molar-refractivity contribution is 5.69. The minimum atomic E-state index is -0.532. The zero-order chi connectivity index (χ0) is 16.0. The average molecular weight is 291 g/mol. The van der Waals surface area contributed by atoms with Crippen molar-refractivity contribution in [2.45, 2.75) is 39.3 Å². The maximum absolute atomic E-state index is 11.9. The summed E-state index contributed by atoms with van der Waals surface area (Å²) in [7, 11) is 1.57. The second-order valence-electron chi connectivity index (χ2n) is 5.78. The number of alkyl carbamates (subject to hydrolysis) is 1. The van der Waals surface area contributed by atoms with Gasteiger partial charge >= 0.3 is 6.09 Å². The number of amides is 1. The molecule has 1 atom stereocenters. The van der Waals surface area contributed by atoms with Gasteiger partial charge in [0.15, 0.2) is 0 Å². The van der Waals surface area contributed by atoms with Crippen molar-refractivity contribution < 1.29 is 14.3 Å². The first-order chi connectivity index (χ1) is 9.76. The summed E-state index contributed by atoms with van der Waals surface area (Å²) in [4.78, 5) is 11.9. The predicted octanol–water partition coefficient (Wildman–Crippen LogP) is 3.72. The standard InChI is InChI=1S/C17H25NO3/c1-12(2)14-8-7-9-15(10-14)17(4,5)18-16(19)21-13(3)11-20-6/h7-10,13H,1,11H2,2-6H3,(H,18,19). The Morgan fingerprint density at radius 1 is 1.43 bits per heavy atom. The highest BCUT2D eigenvalue weighted by atomic mass is 16.6. The fraction of sp³-hybridized carbons (Fsp3) is 0.471. The van der Waals surface area contributed by atoms with Crippen LogP contribution in [-0.2, 0) is 15.0 Å². The minimum Gasteiger partial charge on any atom is -0.444 e. The van der Waals surface area contributed by atoms with E-state index in [2.05, 4.69) is 11.9 Å². The molecule has 116 valence electrons. The second-order valence-corrected chi connectivity index (χ2v) is 5.78. The van der Waals surface area contributed by atoms with Gasteiger partial charge in [0.2, 0.25) is 0 Å². The maximum atomic E-state index is 11.9. The van der Waals surface area contributed by atoms with Gasteiger partial charge in [-0.05, 0) is 44.9 Å². The zero-order valence-electron chi connectivity index (χ0n) is 13.5. The van der Waals surface area contributed by atoms with Gasteiger partial charge in [-0.2, -0.15) is 0 Å². The Labute approximate surface area is 127 Å². The van der Waals surface area contributed by atoms with Gasteiger partial charge in [0.1, 0.15) is 6.10 Å². The molecule has 0 saturated carbocycles. The number of methoxy groups -OCH3 is 1. The molecule has 0 aliphatic carbocycles. The highest BCUT2D eigenvalue weighted by Crippen LogP contribution is 2.23. The molecule has 0 radical (unpaired) electrons. The van der Waals surface area contributed by atoms with Crippen molar-refractivity contribution in [3.63, 3.8) is 0 Å². The number of hydrogen-bond acceptors (Lipinski definition) is 3. The smallest absolute Gasteiger partial charge is 0.408 e. The van der Waals surface area contributed by atoms with Crippen molar-refractivity contribution in [1.82, 2.24) is 5.32 Å². The highest BCUT2D eigenvalue weighted by Gasteiger charge is 2.24. The molecular weight excluding hydrogens is 266 g/mol. The topological polar surface area (TPSA) is 47.6 Å². The molecule has 1 amide bonds. The van der Waals surface area contributed by atoms with Crippen molar-refractivity contribution in [3.8, 4) is 0 Å². The number of rotatable bonds is 6. The van der Waals surface area contributed by atoms with Gasteiger partial charge in [-0.25, -0.2) is 4.79 Å². The van der Waals surface area contributed by atoms with Gasteiger partial charge in [0.05, 0.1) is 12.1 Å². The van der Waals surface area contributed by atoms with Crippen molar-refractivity contribution in [2.75, 3.05) is 13.7 Å². The Kier molecular flexibility index (Phi) is 5.97. The molecule has 1 rings (SSSR count). The molecule has 0 aliphatic heterocycles. The van der Waals surface area contributed by atoms with E-state index in [9.17, 15) is 4.79 Å². The van der Waals surface area contributed by atoms with Crippen LogP contribution in [0.1, 0.15) is 38.8 Å². The molecule has 0 heterocycles. The van der Waals surface area contributed by atoms with Crippen LogP contribution in [0.15, 0.2) is 30.8 Å². The average Bonchev–Trinajstić information content (AvgIpc) is 2.38. The maximum Gasteiger partial charge on any atom is 0.408 e. The van der Waals surface area contributed by atoms with Crippen LogP contribution in [0.4, 0.5) is 4.79 Å². The van der Waals surface area contributed by atoms with Crippen molar-refractivity contribution in [1.29, 1.82) is 0 Å². The molecule has 0 saturated heterocycles. The lowest BCUT2D eigenvalue weighted by atomic mass is 9.92. The van der Waals surface area contributed by atoms with Crippen LogP contribution in [0.25, 0.3) is 5.57 Å². The molecule has 1 N–H and O–H groups in total. The number of hydrogen-bond donors (Lipinski definition) is 1. The van der Waals surface area contributed by atoms with Crippen LogP contribution >= 0.6 is 0 Å². The zero-order valence-corrected chi connectivity index (χ0v) is 13.5. The van der Waals surface area contributed by atoms with Crippen molar-refractivity contribution >= 4 is 11.7 Å². The van der Waals surface area contributed by atoms with Gasteiger partial charge in [0.25, 0.3) is 0 Å². The van der Waals surface area contributed by atoms with Gasteiger partial charge in [-0.15, -0.1) is 0 Å². The summed E-state index contributed by atoms with van der Waals surface area (Å²) in [5, 5.41) is 2.88. The Morgan fingerprint density at radius 3 is 2.67 bits per heavy atom. The van der Waals surface area contributed by atoms with E-state index in [-0.39, 0.29) is 6.10 Å². The molecule has 1 aromatic rings. The first-order valence-electron chi connectivity index (χ1n) is 7.00. The fourth-order valence-corrected chi connectivity index (χ4v) is 1.98. The number of allylic oxidation sites excluding steroid dienone is 1. The summed E-state index contributed by atoms with van der Waals surface area (Å²) in [6.45, 7) is 11.9. The van der Waals surface area contributed by atoms with Crippen LogP contribution in [0, 0.1) is 0 Å². The lowest BCUT2D eigenvalue weighted by Gasteiger charge is -2.27. The summed E-state index contributed by atoms with van der Waals surface area (Å²) in [6, 6.07) is 7.97. The largest absolute Gasteiger partial charge is 0.444 e. The van der Waals surface area contributed by atoms with Crippen molar-refractivity contribution in [3.05, 3.63) is 42.0 Å². The molecule has 0 spiro atoms. The molecule has 0 fully saturated rings. The third-order valence-electron chi connectivity index (χ3n) is 3.20. The number of carbonyl (C=O) groups excluding carboxylic acids is 1. The molecule has 1 aromatic carbocycles. The lowest BCUT2D eigenvalue weighted by molar-refractivity contribution is 0.0451. The van der Waals surface area contributed by atoms with Gasteiger partial charge in [-0.1, -0.05) is 30.4 Å². The summed E-state index contributed by atoms with van der Waals surface area (Å²) in [5.74, 6) is 0. The first kappa shape index (κ1) is 17.2. The van der Waals surface area contributed by atoms with Crippen molar-refractivity contribution in [2.24, 2.45) is 0 Å². The number of nitrogens with one attached hydrogen (secondary N) is 1. The van der Waals surface area contributed by atoms with Gasteiger partial charge in [-0.3, -0.25) is 0 Å². The molecule has 0 aromatic heterocycles. The van der Waals surface area contributed by atoms with E-state index in [0.29, 0.717) is 6.61 Å². The quantitative estimate of drug-likeness (QED) is 0.869. The van der Waals surface area contributed by atoms with E-state index in [4.69, 9.17) is 9.47 Å². The van der Waals surface area contributed by atoms with Crippen LogP contribution < -0.4 is 5.32 Å². The third kappa shape index (κ3) is 5.23. The van der Waals surface area contributed by atoms with Crippen LogP contribution in [0.5, 0.6) is 0 Å². The van der Waals surface area contributed by atoms with E-state index in [1.54, 1.807) is 14.0 Å². The van der Waals surface area contributed by atoms with E-state index in [1.807, 2.05) is 45.0 Å². The number of ether oxygens (including phenoxy) is 2. The fourth-order valence-electron chi connectivity index (χ4n) is 1.98. The Bertz CT molecular complexity index is 509. The lowest BCUT2D eigenvalue weighted by Crippen LogP contribution is -2.42. The van der Waals surface area contributed by atoms with E-state index in [0.717, 1.165) is 16.7 Å². The van der Waals surface area contributed by atoms with Crippen LogP contribution in [0.3, 0.4) is 0 Å². The normalized spacial score (nSPS) is 12.6. The van der Waals surface area contributed by atoms with E-state index < -0.39 is 11.6 Å². The molecule has 4 heteroatoms. The summed E-state index contributed by atoms with van der Waals surface area (Å²) < 4.78 is 10.2. The number of carbonyl (C=O) groups is 1. The summed E-state index contributed by atoms with van der Waals surface area (Å²) in [5.41, 5.74) is 2.52. The SMILES string of the molecule is C=C(C)c1cccc(C(C)(C)NC(=O)OC(C)COC)c1. The Balaban J connectivity index is 2.78. The van der Waals surface area contributed by atoms with Crippen LogP contribution in [0.2, 0.25) is 0 Å². The van der Waals surface area contributed by atoms with E-state index in [1.165, 1.54) is 0 Å². The molecule has 0 aliphatic rings. The van der Waals surface area contributed by atoms with Gasteiger partial charge in [0, 0.05) is 7.11 Å². The third-order valence-corrected chi connectivity index (χ3v) is 3.20. The molecular formula is C17H25NO3. The van der Waals surface area contributed by atoms with Gasteiger partial charge < -0.3 is 14.8 Å².